The summed E-state index contributed by atoms with van der Waals surface area (Å²) in [6, 6.07) is 11.8. The highest BCUT2D eigenvalue weighted by Gasteiger charge is 2.22. The molecule has 1 aromatic heterocycles. The van der Waals surface area contributed by atoms with Gasteiger partial charge in [-0.25, -0.2) is 4.39 Å². The molecule has 24 heavy (non-hydrogen) atoms. The van der Waals surface area contributed by atoms with Crippen molar-refractivity contribution >= 4 is 43.5 Å². The van der Waals surface area contributed by atoms with E-state index in [4.69, 9.17) is 4.52 Å². The van der Waals surface area contributed by atoms with Crippen molar-refractivity contribution in [3.63, 3.8) is 0 Å². The standard InChI is InChI=1S/C17H11Br2FN2O2/c1-9-15(16(22-24-9)10-3-2-4-11(18)7-10)17(23)21-14-6-5-12(19)8-13(14)20/h2-8H,1H3,(H,21,23). The van der Waals surface area contributed by atoms with Gasteiger partial charge in [0.25, 0.3) is 5.91 Å². The first-order chi connectivity index (χ1) is 11.5. The molecule has 4 nitrogen and oxygen atoms in total. The molecule has 2 aromatic carbocycles. The molecule has 1 N–H and O–H groups in total. The third-order valence-corrected chi connectivity index (χ3v) is 4.35. The first-order valence-electron chi connectivity index (χ1n) is 6.94. The van der Waals surface area contributed by atoms with Crippen LogP contribution in [0.25, 0.3) is 11.3 Å². The van der Waals surface area contributed by atoms with E-state index in [2.05, 4.69) is 42.3 Å². The lowest BCUT2D eigenvalue weighted by atomic mass is 10.1. The number of aryl methyl sites for hydroxylation is 1. The third kappa shape index (κ3) is 3.42. The molecule has 0 saturated heterocycles. The van der Waals surface area contributed by atoms with Gasteiger partial charge < -0.3 is 9.84 Å². The zero-order chi connectivity index (χ0) is 17.3. The van der Waals surface area contributed by atoms with Crippen LogP contribution in [-0.4, -0.2) is 11.1 Å². The van der Waals surface area contributed by atoms with Crippen LogP contribution < -0.4 is 5.32 Å². The van der Waals surface area contributed by atoms with Crippen molar-refractivity contribution in [2.45, 2.75) is 6.92 Å². The summed E-state index contributed by atoms with van der Waals surface area (Å²) in [5.74, 6) is -0.652. The molecular formula is C17H11Br2FN2O2. The predicted octanol–water partition coefficient (Wildman–Crippen LogP) is 5.57. The van der Waals surface area contributed by atoms with Crippen molar-refractivity contribution in [1.29, 1.82) is 0 Å². The topological polar surface area (TPSA) is 55.1 Å². The van der Waals surface area contributed by atoms with Crippen molar-refractivity contribution in [3.05, 3.63) is 68.6 Å². The molecule has 7 heteroatoms. The molecule has 0 atom stereocenters. The lowest BCUT2D eigenvalue weighted by molar-refractivity contribution is 0.102. The van der Waals surface area contributed by atoms with Gasteiger partial charge in [-0.15, -0.1) is 0 Å². The van der Waals surface area contributed by atoms with Gasteiger partial charge in [0.2, 0.25) is 0 Å². The van der Waals surface area contributed by atoms with Crippen molar-refractivity contribution in [1.82, 2.24) is 5.16 Å². The molecule has 0 radical (unpaired) electrons. The van der Waals surface area contributed by atoms with Crippen molar-refractivity contribution in [2.75, 3.05) is 5.32 Å². The molecule has 0 bridgehead atoms. The minimum Gasteiger partial charge on any atom is -0.360 e. The van der Waals surface area contributed by atoms with E-state index < -0.39 is 11.7 Å². The highest BCUT2D eigenvalue weighted by molar-refractivity contribution is 9.10. The van der Waals surface area contributed by atoms with Crippen LogP contribution in [0.4, 0.5) is 10.1 Å². The summed E-state index contributed by atoms with van der Waals surface area (Å²) in [5, 5.41) is 6.53. The molecule has 0 spiro atoms. The first kappa shape index (κ1) is 16.9. The molecule has 3 rings (SSSR count). The number of carbonyl (C=O) groups excluding carboxylic acids is 1. The fourth-order valence-electron chi connectivity index (χ4n) is 2.25. The molecule has 0 unspecified atom stereocenters. The van der Waals surface area contributed by atoms with Gasteiger partial charge in [-0.05, 0) is 37.3 Å². The van der Waals surface area contributed by atoms with E-state index in [0.29, 0.717) is 15.9 Å². The van der Waals surface area contributed by atoms with E-state index >= 15 is 0 Å². The monoisotopic (exact) mass is 452 g/mol. The third-order valence-electron chi connectivity index (χ3n) is 3.37. The average molecular weight is 454 g/mol. The molecule has 3 aromatic rings. The normalized spacial score (nSPS) is 10.7. The Balaban J connectivity index is 1.97. The second-order valence-corrected chi connectivity index (χ2v) is 6.88. The number of nitrogens with one attached hydrogen (secondary N) is 1. The summed E-state index contributed by atoms with van der Waals surface area (Å²) in [4.78, 5) is 12.6. The molecule has 0 aliphatic heterocycles. The Morgan fingerprint density at radius 2 is 1.92 bits per heavy atom. The summed E-state index contributed by atoms with van der Waals surface area (Å²) in [6.45, 7) is 1.64. The Morgan fingerprint density at radius 3 is 2.62 bits per heavy atom. The Kier molecular flexibility index (Phi) is 4.82. The SMILES string of the molecule is Cc1onc(-c2cccc(Br)c2)c1C(=O)Nc1ccc(Br)cc1F. The Hall–Kier alpha value is -1.99. The van der Waals surface area contributed by atoms with Crippen LogP contribution in [0.15, 0.2) is 55.9 Å². The lowest BCUT2D eigenvalue weighted by Gasteiger charge is -2.07. The van der Waals surface area contributed by atoms with Gasteiger partial charge in [0.15, 0.2) is 0 Å². The second kappa shape index (κ2) is 6.86. The van der Waals surface area contributed by atoms with E-state index in [9.17, 15) is 9.18 Å². The minimum absolute atomic E-state index is 0.0870. The summed E-state index contributed by atoms with van der Waals surface area (Å²) < 4.78 is 20.6. The number of hydrogen-bond acceptors (Lipinski definition) is 3. The van der Waals surface area contributed by atoms with Gasteiger partial charge in [0, 0.05) is 14.5 Å². The number of benzene rings is 2. The zero-order valence-electron chi connectivity index (χ0n) is 12.4. The highest BCUT2D eigenvalue weighted by atomic mass is 79.9. The average Bonchev–Trinajstić information content (AvgIpc) is 2.92. The van der Waals surface area contributed by atoms with Crippen molar-refractivity contribution in [2.24, 2.45) is 0 Å². The number of halogens is 3. The first-order valence-corrected chi connectivity index (χ1v) is 8.53. The minimum atomic E-state index is -0.532. The van der Waals surface area contributed by atoms with E-state index in [1.165, 1.54) is 12.1 Å². The molecule has 1 amide bonds. The molecule has 0 fully saturated rings. The van der Waals surface area contributed by atoms with Crippen molar-refractivity contribution in [3.8, 4) is 11.3 Å². The number of anilines is 1. The molecule has 0 aliphatic carbocycles. The molecular weight excluding hydrogens is 443 g/mol. The smallest absolute Gasteiger partial charge is 0.261 e. The number of rotatable bonds is 3. The highest BCUT2D eigenvalue weighted by Crippen LogP contribution is 2.28. The van der Waals surface area contributed by atoms with Gasteiger partial charge >= 0.3 is 0 Å². The van der Waals surface area contributed by atoms with Crippen LogP contribution in [-0.2, 0) is 0 Å². The van der Waals surface area contributed by atoms with Crippen LogP contribution in [0.1, 0.15) is 16.1 Å². The Bertz CT molecular complexity index is 925. The lowest BCUT2D eigenvalue weighted by Crippen LogP contribution is -2.14. The number of hydrogen-bond donors (Lipinski definition) is 1. The summed E-state index contributed by atoms with van der Waals surface area (Å²) in [6.07, 6.45) is 0. The van der Waals surface area contributed by atoms with Gasteiger partial charge in [0.1, 0.15) is 22.8 Å². The van der Waals surface area contributed by atoms with Crippen molar-refractivity contribution < 1.29 is 13.7 Å². The van der Waals surface area contributed by atoms with Crippen LogP contribution in [0, 0.1) is 12.7 Å². The van der Waals surface area contributed by atoms with E-state index in [1.54, 1.807) is 13.0 Å². The predicted molar refractivity (Wildman–Crippen MR) is 96.4 cm³/mol. The molecule has 0 aliphatic rings. The van der Waals surface area contributed by atoms with E-state index in [0.717, 1.165) is 10.0 Å². The van der Waals surface area contributed by atoms with E-state index in [1.807, 2.05) is 24.3 Å². The Morgan fingerprint density at radius 1 is 1.17 bits per heavy atom. The summed E-state index contributed by atoms with van der Waals surface area (Å²) in [7, 11) is 0. The van der Waals surface area contributed by atoms with Gasteiger partial charge in [-0.2, -0.15) is 0 Å². The number of amides is 1. The fraction of sp³-hybridized carbons (Fsp3) is 0.0588. The van der Waals surface area contributed by atoms with Crippen LogP contribution >= 0.6 is 31.9 Å². The largest absolute Gasteiger partial charge is 0.360 e. The zero-order valence-corrected chi connectivity index (χ0v) is 15.6. The number of aromatic nitrogens is 1. The van der Waals surface area contributed by atoms with Crippen LogP contribution in [0.3, 0.4) is 0 Å². The Labute approximate surface area is 154 Å². The maximum absolute atomic E-state index is 13.9. The fourth-order valence-corrected chi connectivity index (χ4v) is 2.98. The summed E-state index contributed by atoms with van der Waals surface area (Å²) >= 11 is 6.56. The molecule has 1 heterocycles. The van der Waals surface area contributed by atoms with Gasteiger partial charge in [-0.3, -0.25) is 4.79 Å². The summed E-state index contributed by atoms with van der Waals surface area (Å²) in [5.41, 5.74) is 1.49. The molecule has 122 valence electrons. The van der Waals surface area contributed by atoms with Gasteiger partial charge in [0.05, 0.1) is 5.69 Å². The van der Waals surface area contributed by atoms with Crippen LogP contribution in [0.5, 0.6) is 0 Å². The van der Waals surface area contributed by atoms with E-state index in [-0.39, 0.29) is 11.3 Å². The second-order valence-electron chi connectivity index (χ2n) is 5.05. The van der Waals surface area contributed by atoms with Crippen LogP contribution in [0.2, 0.25) is 0 Å². The quantitative estimate of drug-likeness (QED) is 0.564. The maximum Gasteiger partial charge on any atom is 0.261 e. The number of nitrogens with zero attached hydrogens (tertiary/aromatic N) is 1. The maximum atomic E-state index is 13.9. The number of carbonyl (C=O) groups is 1. The van der Waals surface area contributed by atoms with Gasteiger partial charge in [-0.1, -0.05) is 49.1 Å². The molecule has 0 saturated carbocycles.